The standard InChI is InChI=1S/C9H11NO5S/c1-6-3-4-7(9(11)12)8(5-6)10(2)15-16(13)14/h3-5H,1-2H3,(H,11,12)(H,13,14). The molecule has 0 aliphatic rings. The Morgan fingerprint density at radius 2 is 2.12 bits per heavy atom. The molecular formula is C9H11NO5S. The lowest BCUT2D eigenvalue weighted by molar-refractivity contribution is 0.0696. The van der Waals surface area contributed by atoms with Crippen LogP contribution in [0.4, 0.5) is 5.69 Å². The number of benzene rings is 1. The zero-order valence-electron chi connectivity index (χ0n) is 8.71. The van der Waals surface area contributed by atoms with E-state index in [-0.39, 0.29) is 11.3 Å². The Kier molecular flexibility index (Phi) is 3.99. The van der Waals surface area contributed by atoms with Gasteiger partial charge in [0.05, 0.1) is 11.3 Å². The first-order valence-electron chi connectivity index (χ1n) is 4.29. The number of hydrogen-bond acceptors (Lipinski definition) is 4. The van der Waals surface area contributed by atoms with Gasteiger partial charge in [0.2, 0.25) is 0 Å². The Labute approximate surface area is 94.9 Å². The second-order valence-electron chi connectivity index (χ2n) is 3.11. The number of carboxylic acid groups (broad SMARTS) is 1. The normalized spacial score (nSPS) is 12.2. The highest BCUT2D eigenvalue weighted by Gasteiger charge is 2.15. The maximum atomic E-state index is 10.9. The number of hydroxylamine groups is 1. The van der Waals surface area contributed by atoms with E-state index in [4.69, 9.17) is 9.66 Å². The Balaban J connectivity index is 3.13. The van der Waals surface area contributed by atoms with Gasteiger partial charge in [0.15, 0.2) is 0 Å². The van der Waals surface area contributed by atoms with Crippen LogP contribution in [0, 0.1) is 6.92 Å². The summed E-state index contributed by atoms with van der Waals surface area (Å²) >= 11 is -2.49. The summed E-state index contributed by atoms with van der Waals surface area (Å²) in [4.78, 5) is 10.9. The van der Waals surface area contributed by atoms with Crippen molar-refractivity contribution < 1.29 is 22.9 Å². The van der Waals surface area contributed by atoms with Crippen LogP contribution >= 0.6 is 0 Å². The van der Waals surface area contributed by atoms with E-state index < -0.39 is 17.3 Å². The van der Waals surface area contributed by atoms with Crippen LogP contribution in [0.3, 0.4) is 0 Å². The van der Waals surface area contributed by atoms with Crippen molar-refractivity contribution in [2.75, 3.05) is 12.1 Å². The molecule has 0 spiro atoms. The molecule has 16 heavy (non-hydrogen) atoms. The van der Waals surface area contributed by atoms with Crippen LogP contribution < -0.4 is 5.06 Å². The van der Waals surface area contributed by atoms with E-state index >= 15 is 0 Å². The lowest BCUT2D eigenvalue weighted by atomic mass is 10.1. The van der Waals surface area contributed by atoms with Crippen molar-refractivity contribution in [3.05, 3.63) is 29.3 Å². The lowest BCUT2D eigenvalue weighted by Crippen LogP contribution is -2.21. The third-order valence-corrected chi connectivity index (χ3v) is 2.25. The van der Waals surface area contributed by atoms with Gasteiger partial charge in [-0.1, -0.05) is 6.07 Å². The molecule has 0 aliphatic carbocycles. The number of rotatable bonds is 4. The predicted octanol–water partition coefficient (Wildman–Crippen LogP) is 1.20. The Bertz CT molecular complexity index is 434. The minimum absolute atomic E-state index is 0.00134. The highest BCUT2D eigenvalue weighted by Crippen LogP contribution is 2.21. The molecule has 0 fully saturated rings. The number of carbonyl (C=O) groups is 1. The third-order valence-electron chi connectivity index (χ3n) is 1.90. The largest absolute Gasteiger partial charge is 0.478 e. The van der Waals surface area contributed by atoms with E-state index in [2.05, 4.69) is 4.28 Å². The van der Waals surface area contributed by atoms with Crippen molar-refractivity contribution in [3.8, 4) is 0 Å². The SMILES string of the molecule is Cc1ccc(C(=O)O)c(N(C)OS(=O)O)c1. The molecule has 0 saturated heterocycles. The summed E-state index contributed by atoms with van der Waals surface area (Å²) in [5.74, 6) is -1.13. The van der Waals surface area contributed by atoms with Crippen LogP contribution in [0.1, 0.15) is 15.9 Å². The summed E-state index contributed by atoms with van der Waals surface area (Å²) in [5, 5.41) is 9.87. The Morgan fingerprint density at radius 1 is 1.50 bits per heavy atom. The molecule has 1 unspecified atom stereocenters. The van der Waals surface area contributed by atoms with E-state index in [9.17, 15) is 9.00 Å². The van der Waals surface area contributed by atoms with Gasteiger partial charge in [-0.3, -0.25) is 4.55 Å². The van der Waals surface area contributed by atoms with E-state index in [1.165, 1.54) is 13.1 Å². The van der Waals surface area contributed by atoms with Gasteiger partial charge < -0.3 is 5.11 Å². The lowest BCUT2D eigenvalue weighted by Gasteiger charge is -2.17. The zero-order valence-corrected chi connectivity index (χ0v) is 9.52. The van der Waals surface area contributed by atoms with Gasteiger partial charge >= 0.3 is 17.3 Å². The summed E-state index contributed by atoms with van der Waals surface area (Å²) in [6.45, 7) is 1.78. The fourth-order valence-electron chi connectivity index (χ4n) is 1.22. The van der Waals surface area contributed by atoms with Gasteiger partial charge in [-0.2, -0.15) is 4.21 Å². The van der Waals surface area contributed by atoms with Crippen molar-refractivity contribution >= 4 is 23.0 Å². The fourth-order valence-corrected chi connectivity index (χ4v) is 1.49. The summed E-state index contributed by atoms with van der Waals surface area (Å²) < 4.78 is 23.5. The number of anilines is 1. The third kappa shape index (κ3) is 3.02. The average Bonchev–Trinajstić information content (AvgIpc) is 2.15. The molecule has 1 rings (SSSR count). The molecule has 1 aromatic carbocycles. The van der Waals surface area contributed by atoms with Crippen molar-refractivity contribution in [1.82, 2.24) is 0 Å². The smallest absolute Gasteiger partial charge is 0.337 e. The second kappa shape index (κ2) is 5.06. The number of aryl methyl sites for hydroxylation is 1. The summed E-state index contributed by atoms with van der Waals surface area (Å²) in [5.41, 5.74) is 1.03. The highest BCUT2D eigenvalue weighted by atomic mass is 32.2. The molecule has 88 valence electrons. The van der Waals surface area contributed by atoms with Crippen LogP contribution in [0.5, 0.6) is 0 Å². The fraction of sp³-hybridized carbons (Fsp3) is 0.222. The first-order valence-corrected chi connectivity index (χ1v) is 5.32. The molecule has 0 radical (unpaired) electrons. The van der Waals surface area contributed by atoms with Crippen molar-refractivity contribution in [3.63, 3.8) is 0 Å². The highest BCUT2D eigenvalue weighted by molar-refractivity contribution is 7.74. The van der Waals surface area contributed by atoms with Gasteiger partial charge in [-0.05, 0) is 24.6 Å². The van der Waals surface area contributed by atoms with Gasteiger partial charge in [0, 0.05) is 7.05 Å². The van der Waals surface area contributed by atoms with Crippen molar-refractivity contribution in [2.24, 2.45) is 0 Å². The van der Waals surface area contributed by atoms with E-state index in [1.54, 1.807) is 19.1 Å². The molecule has 1 aromatic rings. The molecule has 0 saturated carbocycles. The van der Waals surface area contributed by atoms with E-state index in [1.807, 2.05) is 0 Å². The van der Waals surface area contributed by atoms with Gasteiger partial charge in [0.25, 0.3) is 0 Å². The maximum Gasteiger partial charge on any atom is 0.337 e. The number of carboxylic acids is 1. The van der Waals surface area contributed by atoms with Gasteiger partial charge in [-0.25, -0.2) is 9.86 Å². The molecule has 0 bridgehead atoms. The van der Waals surface area contributed by atoms with Crippen LogP contribution in [0.25, 0.3) is 0 Å². The van der Waals surface area contributed by atoms with E-state index in [0.29, 0.717) is 0 Å². The molecule has 2 N–H and O–H groups in total. The van der Waals surface area contributed by atoms with Crippen LogP contribution in [-0.4, -0.2) is 26.9 Å². The summed E-state index contributed by atoms with van der Waals surface area (Å²) in [7, 11) is 1.36. The second-order valence-corrected chi connectivity index (χ2v) is 3.70. The zero-order chi connectivity index (χ0) is 12.3. The van der Waals surface area contributed by atoms with Crippen molar-refractivity contribution in [1.29, 1.82) is 0 Å². The molecule has 1 atom stereocenters. The molecular weight excluding hydrogens is 234 g/mol. The minimum Gasteiger partial charge on any atom is -0.478 e. The first kappa shape index (κ1) is 12.6. The first-order chi connectivity index (χ1) is 7.41. The number of nitrogens with zero attached hydrogens (tertiary/aromatic N) is 1. The maximum absolute atomic E-state index is 10.9. The monoisotopic (exact) mass is 245 g/mol. The Morgan fingerprint density at radius 3 is 2.62 bits per heavy atom. The number of aromatic carboxylic acids is 1. The number of hydrogen-bond donors (Lipinski definition) is 2. The van der Waals surface area contributed by atoms with Crippen LogP contribution in [-0.2, 0) is 15.6 Å². The topological polar surface area (TPSA) is 87.1 Å². The molecule has 6 nitrogen and oxygen atoms in total. The molecule has 7 heteroatoms. The molecule has 0 amide bonds. The van der Waals surface area contributed by atoms with Crippen LogP contribution in [0.2, 0.25) is 0 Å². The summed E-state index contributed by atoms with van der Waals surface area (Å²) in [6.07, 6.45) is 0. The van der Waals surface area contributed by atoms with Gasteiger partial charge in [-0.15, -0.1) is 4.28 Å². The average molecular weight is 245 g/mol. The van der Waals surface area contributed by atoms with E-state index in [0.717, 1.165) is 10.6 Å². The van der Waals surface area contributed by atoms with Crippen LogP contribution in [0.15, 0.2) is 18.2 Å². The van der Waals surface area contributed by atoms with Crippen molar-refractivity contribution in [2.45, 2.75) is 6.92 Å². The molecule has 0 heterocycles. The predicted molar refractivity (Wildman–Crippen MR) is 58.4 cm³/mol. The summed E-state index contributed by atoms with van der Waals surface area (Å²) in [6, 6.07) is 4.60. The minimum atomic E-state index is -2.49. The Hall–Kier alpha value is -1.44. The molecule has 0 aliphatic heterocycles. The quantitative estimate of drug-likeness (QED) is 0.612. The molecule has 0 aromatic heterocycles. The van der Waals surface area contributed by atoms with Gasteiger partial charge in [0.1, 0.15) is 0 Å².